The Morgan fingerprint density at radius 2 is 1.94 bits per heavy atom. The quantitative estimate of drug-likeness (QED) is 0.716. The molecule has 16 heavy (non-hydrogen) atoms. The molecule has 0 aliphatic heterocycles. The Morgan fingerprint density at radius 3 is 2.50 bits per heavy atom. The highest BCUT2D eigenvalue weighted by molar-refractivity contribution is 5.93. The van der Waals surface area contributed by atoms with Crippen molar-refractivity contribution < 1.29 is 4.79 Å². The molecule has 0 aromatic heterocycles. The minimum Gasteiger partial charge on any atom is -0.295 e. The first-order valence-corrected chi connectivity index (χ1v) is 5.33. The number of ketones is 1. The largest absolute Gasteiger partial charge is 0.295 e. The molecule has 0 bridgehead atoms. The summed E-state index contributed by atoms with van der Waals surface area (Å²) in [6.07, 6.45) is 2.60. The Hall–Kier alpha value is -1.88. The molecule has 1 aliphatic rings. The lowest BCUT2D eigenvalue weighted by molar-refractivity contribution is -0.115. The highest BCUT2D eigenvalue weighted by Gasteiger charge is 2.37. The molecule has 0 saturated heterocycles. The molecule has 0 N–H and O–H groups in total. The zero-order valence-corrected chi connectivity index (χ0v) is 9.23. The minimum absolute atomic E-state index is 0.0501. The van der Waals surface area contributed by atoms with E-state index in [0.29, 0.717) is 12.8 Å². The van der Waals surface area contributed by atoms with E-state index in [1.54, 1.807) is 6.08 Å². The third-order valence-electron chi connectivity index (χ3n) is 3.00. The zero-order chi connectivity index (χ0) is 11.6. The summed E-state index contributed by atoms with van der Waals surface area (Å²) < 4.78 is 0. The highest BCUT2D eigenvalue weighted by atomic mass is 16.1. The van der Waals surface area contributed by atoms with Crippen LogP contribution in [0.5, 0.6) is 0 Å². The normalized spacial score (nSPS) is 24.8. The summed E-state index contributed by atoms with van der Waals surface area (Å²) in [5, 5.41) is 9.40. The number of benzene rings is 1. The van der Waals surface area contributed by atoms with Gasteiger partial charge in [-0.05, 0) is 25.0 Å². The van der Waals surface area contributed by atoms with E-state index >= 15 is 0 Å². The first-order valence-electron chi connectivity index (χ1n) is 5.33. The molecule has 2 heteroatoms. The van der Waals surface area contributed by atoms with Crippen LogP contribution >= 0.6 is 0 Å². The lowest BCUT2D eigenvalue weighted by Gasteiger charge is -2.29. The van der Waals surface area contributed by atoms with Gasteiger partial charge in [0.2, 0.25) is 0 Å². The van der Waals surface area contributed by atoms with Crippen LogP contribution in [0, 0.1) is 11.3 Å². The summed E-state index contributed by atoms with van der Waals surface area (Å²) in [6, 6.07) is 11.9. The molecular weight excluding hydrogens is 198 g/mol. The third kappa shape index (κ3) is 1.77. The van der Waals surface area contributed by atoms with Crippen LogP contribution in [0.25, 0.3) is 0 Å². The molecule has 0 radical (unpaired) electrons. The van der Waals surface area contributed by atoms with E-state index in [-0.39, 0.29) is 5.78 Å². The van der Waals surface area contributed by atoms with Crippen molar-refractivity contribution >= 4 is 5.78 Å². The zero-order valence-electron chi connectivity index (χ0n) is 9.23. The predicted molar refractivity (Wildman–Crippen MR) is 61.7 cm³/mol. The smallest absolute Gasteiger partial charge is 0.157 e. The SMILES string of the molecule is CC1=CC(=O)CC(C#N)(c2ccccc2)C1. The molecule has 1 aromatic rings. The molecule has 80 valence electrons. The molecule has 1 atom stereocenters. The van der Waals surface area contributed by atoms with E-state index in [4.69, 9.17) is 0 Å². The molecule has 0 spiro atoms. The molecule has 1 aliphatic carbocycles. The van der Waals surface area contributed by atoms with Crippen molar-refractivity contribution in [3.05, 3.63) is 47.5 Å². The van der Waals surface area contributed by atoms with E-state index in [1.807, 2.05) is 37.3 Å². The van der Waals surface area contributed by atoms with Crippen LogP contribution in [0.4, 0.5) is 0 Å². The predicted octanol–water partition coefficient (Wildman–Crippen LogP) is 2.76. The summed E-state index contributed by atoms with van der Waals surface area (Å²) in [6.45, 7) is 1.91. The second-order valence-corrected chi connectivity index (χ2v) is 4.37. The fraction of sp³-hybridized carbons (Fsp3) is 0.286. The Kier molecular flexibility index (Phi) is 2.62. The number of hydrogen-bond acceptors (Lipinski definition) is 2. The van der Waals surface area contributed by atoms with Gasteiger partial charge in [0, 0.05) is 6.42 Å². The van der Waals surface area contributed by atoms with Crippen LogP contribution in [0.1, 0.15) is 25.3 Å². The molecule has 0 amide bonds. The summed E-state index contributed by atoms with van der Waals surface area (Å²) >= 11 is 0. The van der Waals surface area contributed by atoms with Gasteiger partial charge in [-0.3, -0.25) is 4.79 Å². The standard InChI is InChI=1S/C14H13NO/c1-11-7-13(16)9-14(8-11,10-15)12-5-3-2-4-6-12/h2-7H,8-9H2,1H3. The number of rotatable bonds is 1. The number of nitrogens with zero attached hydrogens (tertiary/aromatic N) is 1. The number of carbonyl (C=O) groups excluding carboxylic acids is 1. The van der Waals surface area contributed by atoms with Crippen LogP contribution in [-0.2, 0) is 10.2 Å². The maximum absolute atomic E-state index is 11.6. The summed E-state index contributed by atoms with van der Waals surface area (Å²) in [5.74, 6) is 0.0501. The fourth-order valence-corrected chi connectivity index (χ4v) is 2.32. The molecule has 0 heterocycles. The minimum atomic E-state index is -0.656. The molecule has 0 fully saturated rings. The first-order chi connectivity index (χ1) is 7.66. The molecular formula is C14H13NO. The second-order valence-electron chi connectivity index (χ2n) is 4.37. The monoisotopic (exact) mass is 211 g/mol. The van der Waals surface area contributed by atoms with Crippen molar-refractivity contribution in [2.75, 3.05) is 0 Å². The van der Waals surface area contributed by atoms with Crippen LogP contribution in [0.15, 0.2) is 42.0 Å². The van der Waals surface area contributed by atoms with Gasteiger partial charge in [-0.15, -0.1) is 0 Å². The van der Waals surface area contributed by atoms with Gasteiger partial charge < -0.3 is 0 Å². The summed E-state index contributed by atoms with van der Waals surface area (Å²) in [4.78, 5) is 11.6. The van der Waals surface area contributed by atoms with Gasteiger partial charge in [-0.1, -0.05) is 35.9 Å². The lowest BCUT2D eigenvalue weighted by Crippen LogP contribution is -2.30. The molecule has 0 saturated carbocycles. The van der Waals surface area contributed by atoms with Crippen LogP contribution in [0.2, 0.25) is 0 Å². The van der Waals surface area contributed by atoms with E-state index < -0.39 is 5.41 Å². The third-order valence-corrected chi connectivity index (χ3v) is 3.00. The van der Waals surface area contributed by atoms with E-state index in [0.717, 1.165) is 11.1 Å². The summed E-state index contributed by atoms with van der Waals surface area (Å²) in [7, 11) is 0. The number of allylic oxidation sites excluding steroid dienone is 2. The topological polar surface area (TPSA) is 40.9 Å². The average Bonchev–Trinajstić information content (AvgIpc) is 2.29. The van der Waals surface area contributed by atoms with Crippen molar-refractivity contribution in [3.8, 4) is 6.07 Å². The van der Waals surface area contributed by atoms with Gasteiger partial charge in [0.25, 0.3) is 0 Å². The summed E-state index contributed by atoms with van der Waals surface area (Å²) in [5.41, 5.74) is 1.27. The Labute approximate surface area is 95.2 Å². The van der Waals surface area contributed by atoms with E-state index in [9.17, 15) is 10.1 Å². The number of hydrogen-bond donors (Lipinski definition) is 0. The molecule has 1 aromatic carbocycles. The lowest BCUT2D eigenvalue weighted by atomic mass is 9.70. The van der Waals surface area contributed by atoms with Crippen LogP contribution in [0.3, 0.4) is 0 Å². The fourth-order valence-electron chi connectivity index (χ4n) is 2.32. The van der Waals surface area contributed by atoms with Crippen molar-refractivity contribution in [2.24, 2.45) is 0 Å². The number of carbonyl (C=O) groups is 1. The van der Waals surface area contributed by atoms with E-state index in [2.05, 4.69) is 6.07 Å². The van der Waals surface area contributed by atoms with Gasteiger partial charge >= 0.3 is 0 Å². The van der Waals surface area contributed by atoms with Crippen LogP contribution < -0.4 is 0 Å². The van der Waals surface area contributed by atoms with E-state index in [1.165, 1.54) is 0 Å². The maximum Gasteiger partial charge on any atom is 0.157 e. The van der Waals surface area contributed by atoms with Crippen molar-refractivity contribution in [1.29, 1.82) is 5.26 Å². The first kappa shape index (κ1) is 10.6. The molecule has 2 rings (SSSR count). The Bertz CT molecular complexity index is 481. The van der Waals surface area contributed by atoms with Gasteiger partial charge in [0.05, 0.1) is 11.5 Å². The van der Waals surface area contributed by atoms with Gasteiger partial charge in [0.15, 0.2) is 5.78 Å². The van der Waals surface area contributed by atoms with Crippen LogP contribution in [-0.4, -0.2) is 5.78 Å². The van der Waals surface area contributed by atoms with Gasteiger partial charge in [-0.2, -0.15) is 5.26 Å². The highest BCUT2D eigenvalue weighted by Crippen LogP contribution is 2.37. The Balaban J connectivity index is 2.47. The Morgan fingerprint density at radius 1 is 1.25 bits per heavy atom. The molecule has 2 nitrogen and oxygen atoms in total. The van der Waals surface area contributed by atoms with Gasteiger partial charge in [-0.25, -0.2) is 0 Å². The number of nitriles is 1. The second kappa shape index (κ2) is 3.94. The van der Waals surface area contributed by atoms with Crippen molar-refractivity contribution in [1.82, 2.24) is 0 Å². The average molecular weight is 211 g/mol. The maximum atomic E-state index is 11.6. The van der Waals surface area contributed by atoms with Crippen molar-refractivity contribution in [2.45, 2.75) is 25.2 Å². The van der Waals surface area contributed by atoms with Gasteiger partial charge in [0.1, 0.15) is 0 Å². The molecule has 1 unspecified atom stereocenters. The van der Waals surface area contributed by atoms with Crippen molar-refractivity contribution in [3.63, 3.8) is 0 Å².